The van der Waals surface area contributed by atoms with Gasteiger partial charge in [-0.2, -0.15) is 0 Å². The molecule has 0 aliphatic heterocycles. The van der Waals surface area contributed by atoms with Gasteiger partial charge in [-0.1, -0.05) is 158 Å². The van der Waals surface area contributed by atoms with Gasteiger partial charge in [0.2, 0.25) is 0 Å². The van der Waals surface area contributed by atoms with Gasteiger partial charge in [0.15, 0.2) is 5.82 Å². The summed E-state index contributed by atoms with van der Waals surface area (Å²) in [6, 6.07) is 72.8. The summed E-state index contributed by atoms with van der Waals surface area (Å²) in [5.41, 5.74) is 13.8. The van der Waals surface area contributed by atoms with Gasteiger partial charge in [0, 0.05) is 33.0 Å². The molecule has 57 heavy (non-hydrogen) atoms. The normalized spacial score (nSPS) is 11.5. The Balaban J connectivity index is 0.992. The standard InChI is InChI=1S/C53H34N4/c1-3-13-37(14-4-1)49-34-50(56-53(55-49)48-31-27-38-15-7-11-21-47(38)54-48)44-30-29-41(42-18-8-9-19-43(42)44)36-25-23-35(24-26-36)39-28-32-52-46(33-39)45-20-10-12-22-51(45)57(52)40-16-5-2-6-17-40/h1-34H. The molecule has 0 N–H and O–H groups in total. The second-order valence-corrected chi connectivity index (χ2v) is 14.4. The molecule has 0 bridgehead atoms. The van der Waals surface area contributed by atoms with E-state index in [0.717, 1.165) is 55.7 Å². The average Bonchev–Trinajstić information content (AvgIpc) is 3.62. The first-order chi connectivity index (χ1) is 28.2. The second kappa shape index (κ2) is 13.6. The van der Waals surface area contributed by atoms with Crippen molar-refractivity contribution in [2.45, 2.75) is 0 Å². The monoisotopic (exact) mass is 726 g/mol. The molecule has 0 unspecified atom stereocenters. The summed E-state index contributed by atoms with van der Waals surface area (Å²) in [6.07, 6.45) is 0. The van der Waals surface area contributed by atoms with Gasteiger partial charge in [-0.05, 0) is 81.6 Å². The van der Waals surface area contributed by atoms with Crippen LogP contribution in [0.15, 0.2) is 206 Å². The molecule has 0 saturated heterocycles. The van der Waals surface area contributed by atoms with E-state index >= 15 is 0 Å². The lowest BCUT2D eigenvalue weighted by atomic mass is 9.92. The first-order valence-electron chi connectivity index (χ1n) is 19.3. The molecule has 11 rings (SSSR count). The molecule has 4 heteroatoms. The fraction of sp³-hybridized carbons (Fsp3) is 0. The van der Waals surface area contributed by atoms with Crippen LogP contribution in [0, 0.1) is 0 Å². The highest BCUT2D eigenvalue weighted by atomic mass is 15.0. The smallest absolute Gasteiger partial charge is 0.179 e. The Morgan fingerprint density at radius 2 is 0.930 bits per heavy atom. The number of benzene rings is 8. The van der Waals surface area contributed by atoms with Crippen molar-refractivity contribution in [2.24, 2.45) is 0 Å². The summed E-state index contributed by atoms with van der Waals surface area (Å²) >= 11 is 0. The predicted molar refractivity (Wildman–Crippen MR) is 236 cm³/mol. The van der Waals surface area contributed by atoms with Crippen LogP contribution in [-0.2, 0) is 0 Å². The number of rotatable bonds is 6. The Morgan fingerprint density at radius 3 is 1.75 bits per heavy atom. The average molecular weight is 727 g/mol. The zero-order valence-electron chi connectivity index (χ0n) is 30.9. The Labute approximate surface area is 330 Å². The van der Waals surface area contributed by atoms with Gasteiger partial charge in [-0.15, -0.1) is 0 Å². The van der Waals surface area contributed by atoms with Gasteiger partial charge in [0.1, 0.15) is 5.69 Å². The molecule has 266 valence electrons. The minimum Gasteiger partial charge on any atom is -0.309 e. The third kappa shape index (κ3) is 5.74. The third-order valence-electron chi connectivity index (χ3n) is 11.0. The van der Waals surface area contributed by atoms with Crippen LogP contribution in [0.2, 0.25) is 0 Å². The summed E-state index contributed by atoms with van der Waals surface area (Å²) < 4.78 is 2.36. The van der Waals surface area contributed by atoms with Crippen molar-refractivity contribution >= 4 is 43.5 Å². The zero-order chi connectivity index (χ0) is 37.7. The molecular weight excluding hydrogens is 693 g/mol. The number of fused-ring (bicyclic) bond motifs is 5. The van der Waals surface area contributed by atoms with Crippen LogP contribution < -0.4 is 0 Å². The van der Waals surface area contributed by atoms with Gasteiger partial charge in [-0.25, -0.2) is 15.0 Å². The Hall–Kier alpha value is -7.69. The number of pyridine rings is 1. The highest BCUT2D eigenvalue weighted by Crippen LogP contribution is 2.39. The van der Waals surface area contributed by atoms with Crippen LogP contribution in [0.4, 0.5) is 0 Å². The summed E-state index contributed by atoms with van der Waals surface area (Å²) in [4.78, 5) is 15.2. The van der Waals surface area contributed by atoms with Crippen LogP contribution in [0.3, 0.4) is 0 Å². The van der Waals surface area contributed by atoms with Crippen LogP contribution in [0.25, 0.3) is 105 Å². The van der Waals surface area contributed by atoms with Gasteiger partial charge < -0.3 is 4.57 Å². The second-order valence-electron chi connectivity index (χ2n) is 14.4. The molecule has 11 aromatic rings. The van der Waals surface area contributed by atoms with E-state index in [2.05, 4.69) is 168 Å². The first-order valence-corrected chi connectivity index (χ1v) is 19.3. The quantitative estimate of drug-likeness (QED) is 0.171. The van der Waals surface area contributed by atoms with Gasteiger partial charge in [-0.3, -0.25) is 0 Å². The highest BCUT2D eigenvalue weighted by Gasteiger charge is 2.17. The largest absolute Gasteiger partial charge is 0.309 e. The Bertz CT molecular complexity index is 3280. The van der Waals surface area contributed by atoms with Gasteiger partial charge in [0.05, 0.1) is 27.9 Å². The molecule has 0 saturated carbocycles. The lowest BCUT2D eigenvalue weighted by Gasteiger charge is -2.14. The SMILES string of the molecule is c1ccc(-c2cc(-c3ccc(-c4ccc(-c5ccc6c(c5)c5ccccc5n6-c5ccccc5)cc4)c4ccccc34)nc(-c3ccc4ccccc4n3)n2)cc1. The fourth-order valence-electron chi connectivity index (χ4n) is 8.27. The number of aromatic nitrogens is 4. The van der Waals surface area contributed by atoms with E-state index in [0.29, 0.717) is 5.82 Å². The van der Waals surface area contributed by atoms with Crippen molar-refractivity contribution in [1.29, 1.82) is 0 Å². The lowest BCUT2D eigenvalue weighted by Crippen LogP contribution is -1.98. The molecule has 0 amide bonds. The summed E-state index contributed by atoms with van der Waals surface area (Å²) in [5.74, 6) is 0.601. The van der Waals surface area contributed by atoms with Crippen LogP contribution in [0.1, 0.15) is 0 Å². The van der Waals surface area contributed by atoms with Crippen LogP contribution >= 0.6 is 0 Å². The first kappa shape index (κ1) is 32.7. The molecule has 0 fully saturated rings. The maximum atomic E-state index is 5.19. The minimum absolute atomic E-state index is 0.601. The maximum Gasteiger partial charge on any atom is 0.179 e. The topological polar surface area (TPSA) is 43.6 Å². The fourth-order valence-corrected chi connectivity index (χ4v) is 8.27. The molecule has 8 aromatic carbocycles. The molecule has 0 atom stereocenters. The molecular formula is C53H34N4. The van der Waals surface area contributed by atoms with E-state index in [9.17, 15) is 0 Å². The third-order valence-corrected chi connectivity index (χ3v) is 11.0. The molecule has 3 heterocycles. The molecule has 3 aromatic heterocycles. The lowest BCUT2D eigenvalue weighted by molar-refractivity contribution is 1.16. The van der Waals surface area contributed by atoms with Crippen LogP contribution in [0.5, 0.6) is 0 Å². The van der Waals surface area contributed by atoms with Crippen molar-refractivity contribution in [1.82, 2.24) is 19.5 Å². The molecule has 4 nitrogen and oxygen atoms in total. The van der Waals surface area contributed by atoms with Gasteiger partial charge >= 0.3 is 0 Å². The van der Waals surface area contributed by atoms with Crippen molar-refractivity contribution in [3.63, 3.8) is 0 Å². The maximum absolute atomic E-state index is 5.19. The summed E-state index contributed by atoms with van der Waals surface area (Å²) in [7, 11) is 0. The molecule has 0 aliphatic carbocycles. The molecule has 0 spiro atoms. The van der Waals surface area contributed by atoms with E-state index in [1.165, 1.54) is 43.9 Å². The van der Waals surface area contributed by atoms with Crippen LogP contribution in [-0.4, -0.2) is 19.5 Å². The van der Waals surface area contributed by atoms with Gasteiger partial charge in [0.25, 0.3) is 0 Å². The van der Waals surface area contributed by atoms with E-state index in [-0.39, 0.29) is 0 Å². The zero-order valence-corrected chi connectivity index (χ0v) is 30.9. The Morgan fingerprint density at radius 1 is 0.316 bits per heavy atom. The minimum atomic E-state index is 0.601. The van der Waals surface area contributed by atoms with Crippen molar-refractivity contribution in [3.05, 3.63) is 206 Å². The van der Waals surface area contributed by atoms with E-state index in [1.54, 1.807) is 0 Å². The van der Waals surface area contributed by atoms with Crippen molar-refractivity contribution in [3.8, 4) is 62.0 Å². The number of para-hydroxylation sites is 3. The van der Waals surface area contributed by atoms with E-state index in [1.807, 2.05) is 42.5 Å². The predicted octanol–water partition coefficient (Wildman–Crippen LogP) is 13.6. The van der Waals surface area contributed by atoms with Crippen molar-refractivity contribution in [2.75, 3.05) is 0 Å². The Kier molecular flexibility index (Phi) is 7.78. The number of hydrogen-bond acceptors (Lipinski definition) is 3. The number of hydrogen-bond donors (Lipinski definition) is 0. The summed E-state index contributed by atoms with van der Waals surface area (Å²) in [6.45, 7) is 0. The van der Waals surface area contributed by atoms with E-state index < -0.39 is 0 Å². The summed E-state index contributed by atoms with van der Waals surface area (Å²) in [5, 5.41) is 5.89. The number of nitrogens with zero attached hydrogens (tertiary/aromatic N) is 4. The molecule has 0 aliphatic rings. The van der Waals surface area contributed by atoms with E-state index in [4.69, 9.17) is 15.0 Å². The molecule has 0 radical (unpaired) electrons. The highest BCUT2D eigenvalue weighted by molar-refractivity contribution is 6.10. The van der Waals surface area contributed by atoms with Crippen molar-refractivity contribution < 1.29 is 0 Å².